The van der Waals surface area contributed by atoms with Crippen LogP contribution in [0.2, 0.25) is 0 Å². The molecule has 1 aliphatic rings. The molecule has 1 aliphatic heterocycles. The fraction of sp³-hybridized carbons (Fsp3) is 0.500. The summed E-state index contributed by atoms with van der Waals surface area (Å²) in [4.78, 5) is 17.9. The molecule has 3 rings (SSSR count). The molecule has 2 atom stereocenters. The second-order valence-corrected chi connectivity index (χ2v) is 6.47. The molecule has 1 aromatic carbocycles. The van der Waals surface area contributed by atoms with Crippen molar-refractivity contribution >= 4 is 16.9 Å². The van der Waals surface area contributed by atoms with Crippen LogP contribution in [0.25, 0.3) is 10.9 Å². The Morgan fingerprint density at radius 1 is 1.45 bits per heavy atom. The highest BCUT2D eigenvalue weighted by atomic mass is 16.5. The number of carbonyl (C=O) groups excluding carboxylic acids is 1. The standard InChI is InChI=1S/C18H24N2O2/c1-13-6-5-9-20(11-13)12-14(2)22-18(21)16-10-19-17-8-4-3-7-15(16)17/h3-4,7-8,10,13-14,19H,5-6,9,11-12H2,1-2H3. The van der Waals surface area contributed by atoms with E-state index in [1.807, 2.05) is 31.2 Å². The Morgan fingerprint density at radius 2 is 2.27 bits per heavy atom. The second kappa shape index (κ2) is 6.53. The summed E-state index contributed by atoms with van der Waals surface area (Å²) in [6.45, 7) is 7.30. The van der Waals surface area contributed by atoms with Crippen molar-refractivity contribution in [2.24, 2.45) is 5.92 Å². The van der Waals surface area contributed by atoms with Crippen molar-refractivity contribution in [3.8, 4) is 0 Å². The first kappa shape index (κ1) is 15.1. The Balaban J connectivity index is 1.61. The van der Waals surface area contributed by atoms with Gasteiger partial charge in [-0.3, -0.25) is 4.90 Å². The SMILES string of the molecule is CC1CCCN(CC(C)OC(=O)c2c[nH]c3ccccc23)C1. The van der Waals surface area contributed by atoms with Crippen LogP contribution in [0.1, 0.15) is 37.0 Å². The molecule has 0 radical (unpaired) electrons. The number of piperidine rings is 1. The molecule has 0 amide bonds. The summed E-state index contributed by atoms with van der Waals surface area (Å²) in [5.41, 5.74) is 1.58. The number of hydrogen-bond donors (Lipinski definition) is 1. The molecule has 1 N–H and O–H groups in total. The normalized spacial score (nSPS) is 20.9. The summed E-state index contributed by atoms with van der Waals surface area (Å²) in [6.07, 6.45) is 4.19. The van der Waals surface area contributed by atoms with Gasteiger partial charge in [-0.25, -0.2) is 4.79 Å². The first-order valence-corrected chi connectivity index (χ1v) is 8.13. The van der Waals surface area contributed by atoms with Crippen molar-refractivity contribution < 1.29 is 9.53 Å². The number of aromatic amines is 1. The number of hydrogen-bond acceptors (Lipinski definition) is 3. The van der Waals surface area contributed by atoms with Gasteiger partial charge in [-0.2, -0.15) is 0 Å². The maximum Gasteiger partial charge on any atom is 0.340 e. The van der Waals surface area contributed by atoms with E-state index in [1.165, 1.54) is 12.8 Å². The minimum atomic E-state index is -0.241. The number of rotatable bonds is 4. The van der Waals surface area contributed by atoms with Gasteiger partial charge in [0.2, 0.25) is 0 Å². The number of fused-ring (bicyclic) bond motifs is 1. The lowest BCUT2D eigenvalue weighted by atomic mass is 10.0. The molecule has 1 aromatic heterocycles. The van der Waals surface area contributed by atoms with Crippen LogP contribution in [0.15, 0.2) is 30.5 Å². The largest absolute Gasteiger partial charge is 0.458 e. The summed E-state index contributed by atoms with van der Waals surface area (Å²) in [7, 11) is 0. The summed E-state index contributed by atoms with van der Waals surface area (Å²) in [5, 5.41) is 0.922. The molecule has 0 saturated carbocycles. The number of para-hydroxylation sites is 1. The average Bonchev–Trinajstić information content (AvgIpc) is 2.91. The molecule has 0 bridgehead atoms. The highest BCUT2D eigenvalue weighted by Gasteiger charge is 2.21. The van der Waals surface area contributed by atoms with Gasteiger partial charge >= 0.3 is 5.97 Å². The summed E-state index contributed by atoms with van der Waals surface area (Å²) in [6, 6.07) is 7.80. The Labute approximate surface area is 131 Å². The number of H-pyrrole nitrogens is 1. The van der Waals surface area contributed by atoms with Crippen LogP contribution in [0.4, 0.5) is 0 Å². The summed E-state index contributed by atoms with van der Waals surface area (Å²) in [5.74, 6) is 0.500. The quantitative estimate of drug-likeness (QED) is 0.880. The fourth-order valence-electron chi connectivity index (χ4n) is 3.34. The van der Waals surface area contributed by atoms with E-state index in [1.54, 1.807) is 6.20 Å². The highest BCUT2D eigenvalue weighted by molar-refractivity contribution is 6.04. The third-order valence-corrected chi connectivity index (χ3v) is 4.37. The lowest BCUT2D eigenvalue weighted by Gasteiger charge is -2.32. The van der Waals surface area contributed by atoms with Crippen LogP contribution in [-0.4, -0.2) is 41.6 Å². The Hall–Kier alpha value is -1.81. The van der Waals surface area contributed by atoms with Gasteiger partial charge in [0.25, 0.3) is 0 Å². The molecule has 0 spiro atoms. The van der Waals surface area contributed by atoms with Crippen LogP contribution in [0.5, 0.6) is 0 Å². The average molecular weight is 300 g/mol. The van der Waals surface area contributed by atoms with E-state index in [4.69, 9.17) is 4.74 Å². The van der Waals surface area contributed by atoms with Crippen molar-refractivity contribution in [2.75, 3.05) is 19.6 Å². The smallest absolute Gasteiger partial charge is 0.340 e. The molecule has 22 heavy (non-hydrogen) atoms. The maximum atomic E-state index is 12.4. The van der Waals surface area contributed by atoms with E-state index in [2.05, 4.69) is 16.8 Å². The van der Waals surface area contributed by atoms with Crippen molar-refractivity contribution in [3.05, 3.63) is 36.0 Å². The van der Waals surface area contributed by atoms with Gasteiger partial charge in [-0.15, -0.1) is 0 Å². The van der Waals surface area contributed by atoms with Crippen molar-refractivity contribution in [2.45, 2.75) is 32.8 Å². The van der Waals surface area contributed by atoms with Gasteiger partial charge in [0, 0.05) is 30.2 Å². The van der Waals surface area contributed by atoms with Crippen LogP contribution >= 0.6 is 0 Å². The Bertz CT molecular complexity index is 649. The molecular formula is C18H24N2O2. The van der Waals surface area contributed by atoms with Gasteiger partial charge in [0.05, 0.1) is 5.56 Å². The van der Waals surface area contributed by atoms with Gasteiger partial charge in [-0.1, -0.05) is 25.1 Å². The number of ether oxygens (including phenoxy) is 1. The van der Waals surface area contributed by atoms with Crippen LogP contribution in [0, 0.1) is 5.92 Å². The third kappa shape index (κ3) is 3.33. The number of carbonyl (C=O) groups is 1. The highest BCUT2D eigenvalue weighted by Crippen LogP contribution is 2.20. The van der Waals surface area contributed by atoms with Crippen LogP contribution < -0.4 is 0 Å². The number of benzene rings is 1. The molecule has 2 aromatic rings. The van der Waals surface area contributed by atoms with E-state index in [0.29, 0.717) is 5.56 Å². The summed E-state index contributed by atoms with van der Waals surface area (Å²) < 4.78 is 5.64. The zero-order valence-corrected chi connectivity index (χ0v) is 13.3. The molecular weight excluding hydrogens is 276 g/mol. The molecule has 1 saturated heterocycles. The monoisotopic (exact) mass is 300 g/mol. The topological polar surface area (TPSA) is 45.3 Å². The molecule has 0 aliphatic carbocycles. The number of nitrogens with zero attached hydrogens (tertiary/aromatic N) is 1. The van der Waals surface area contributed by atoms with Gasteiger partial charge in [0.1, 0.15) is 6.10 Å². The van der Waals surface area contributed by atoms with Gasteiger partial charge in [0.15, 0.2) is 0 Å². The number of aromatic nitrogens is 1. The van der Waals surface area contributed by atoms with E-state index >= 15 is 0 Å². The van der Waals surface area contributed by atoms with Crippen molar-refractivity contribution in [1.82, 2.24) is 9.88 Å². The predicted molar refractivity (Wildman–Crippen MR) is 88.0 cm³/mol. The van der Waals surface area contributed by atoms with Gasteiger partial charge < -0.3 is 9.72 Å². The zero-order chi connectivity index (χ0) is 15.5. The molecule has 2 unspecified atom stereocenters. The van der Waals surface area contributed by atoms with E-state index < -0.39 is 0 Å². The first-order valence-electron chi connectivity index (χ1n) is 8.13. The first-order chi connectivity index (χ1) is 10.6. The van der Waals surface area contributed by atoms with Crippen molar-refractivity contribution in [3.63, 3.8) is 0 Å². The summed E-state index contributed by atoms with van der Waals surface area (Å²) >= 11 is 0. The minimum absolute atomic E-state index is 0.0912. The molecule has 4 nitrogen and oxygen atoms in total. The number of nitrogens with one attached hydrogen (secondary N) is 1. The second-order valence-electron chi connectivity index (χ2n) is 6.47. The maximum absolute atomic E-state index is 12.4. The Morgan fingerprint density at radius 3 is 3.09 bits per heavy atom. The number of likely N-dealkylation sites (tertiary alicyclic amines) is 1. The number of esters is 1. The van der Waals surface area contributed by atoms with Crippen LogP contribution in [0.3, 0.4) is 0 Å². The molecule has 118 valence electrons. The predicted octanol–water partition coefficient (Wildman–Crippen LogP) is 3.45. The molecule has 4 heteroatoms. The van der Waals surface area contributed by atoms with E-state index in [0.717, 1.165) is 36.5 Å². The minimum Gasteiger partial charge on any atom is -0.458 e. The fourth-order valence-corrected chi connectivity index (χ4v) is 3.34. The third-order valence-electron chi connectivity index (χ3n) is 4.37. The Kier molecular flexibility index (Phi) is 4.48. The van der Waals surface area contributed by atoms with Crippen LogP contribution in [-0.2, 0) is 4.74 Å². The lowest BCUT2D eigenvalue weighted by Crippen LogP contribution is -2.39. The van der Waals surface area contributed by atoms with Gasteiger partial charge in [-0.05, 0) is 38.3 Å². The van der Waals surface area contributed by atoms with E-state index in [-0.39, 0.29) is 12.1 Å². The zero-order valence-electron chi connectivity index (χ0n) is 13.3. The van der Waals surface area contributed by atoms with E-state index in [9.17, 15) is 4.79 Å². The molecule has 2 heterocycles. The molecule has 1 fully saturated rings. The van der Waals surface area contributed by atoms with Crippen molar-refractivity contribution in [1.29, 1.82) is 0 Å². The lowest BCUT2D eigenvalue weighted by molar-refractivity contribution is 0.0217.